The van der Waals surface area contributed by atoms with Crippen molar-refractivity contribution < 1.29 is 14.3 Å². The molecule has 0 unspecified atom stereocenters. The zero-order valence-corrected chi connectivity index (χ0v) is 18.4. The minimum Gasteiger partial charge on any atom is -0.493 e. The Morgan fingerprint density at radius 3 is 2.47 bits per heavy atom. The molecule has 1 aliphatic rings. The van der Waals surface area contributed by atoms with Crippen molar-refractivity contribution in [3.05, 3.63) is 88.4 Å². The molecule has 3 aromatic rings. The Kier molecular flexibility index (Phi) is 6.21. The molecule has 0 bridgehead atoms. The standard InChI is InChI=1S/C24H22ClNO3S/c1-16-3-5-17(6-4-16)14-29-21-12-7-18(13-22(21)28-2)24-26(23(27)15-30-24)20-10-8-19(25)9-11-20/h3-13,24H,14-15H2,1-2H3/t24-/m0/s1. The molecule has 1 atom stereocenters. The highest BCUT2D eigenvalue weighted by molar-refractivity contribution is 8.00. The van der Waals surface area contributed by atoms with Crippen LogP contribution in [0.5, 0.6) is 11.5 Å². The van der Waals surface area contributed by atoms with Gasteiger partial charge in [0.1, 0.15) is 12.0 Å². The van der Waals surface area contributed by atoms with Crippen LogP contribution in [0.4, 0.5) is 5.69 Å². The Morgan fingerprint density at radius 1 is 1.03 bits per heavy atom. The highest BCUT2D eigenvalue weighted by atomic mass is 35.5. The molecule has 1 heterocycles. The van der Waals surface area contributed by atoms with Crippen molar-refractivity contribution in [3.8, 4) is 11.5 Å². The van der Waals surface area contributed by atoms with E-state index in [9.17, 15) is 4.79 Å². The highest BCUT2D eigenvalue weighted by Crippen LogP contribution is 2.44. The summed E-state index contributed by atoms with van der Waals surface area (Å²) in [4.78, 5) is 14.4. The van der Waals surface area contributed by atoms with Gasteiger partial charge in [0.2, 0.25) is 5.91 Å². The predicted molar refractivity (Wildman–Crippen MR) is 123 cm³/mol. The van der Waals surface area contributed by atoms with Crippen LogP contribution in [0.25, 0.3) is 0 Å². The normalized spacial score (nSPS) is 16.0. The minimum absolute atomic E-state index is 0.0750. The number of aryl methyl sites for hydroxylation is 1. The van der Waals surface area contributed by atoms with Gasteiger partial charge in [-0.1, -0.05) is 47.5 Å². The van der Waals surface area contributed by atoms with Crippen LogP contribution in [-0.2, 0) is 11.4 Å². The van der Waals surface area contributed by atoms with E-state index in [1.165, 1.54) is 5.56 Å². The molecule has 4 nitrogen and oxygen atoms in total. The minimum atomic E-state index is -0.126. The lowest BCUT2D eigenvalue weighted by molar-refractivity contribution is -0.115. The summed E-state index contributed by atoms with van der Waals surface area (Å²) in [5, 5.41) is 0.519. The smallest absolute Gasteiger partial charge is 0.238 e. The van der Waals surface area contributed by atoms with Crippen LogP contribution < -0.4 is 14.4 Å². The number of hydrogen-bond donors (Lipinski definition) is 0. The van der Waals surface area contributed by atoms with Crippen molar-refractivity contribution >= 4 is 35.0 Å². The summed E-state index contributed by atoms with van der Waals surface area (Å²) in [6.45, 7) is 2.52. The number of halogens is 1. The Balaban J connectivity index is 1.56. The zero-order chi connectivity index (χ0) is 21.1. The van der Waals surface area contributed by atoms with E-state index in [0.29, 0.717) is 28.9 Å². The number of carbonyl (C=O) groups excluding carboxylic acids is 1. The highest BCUT2D eigenvalue weighted by Gasteiger charge is 2.34. The van der Waals surface area contributed by atoms with Gasteiger partial charge in [-0.05, 0) is 54.4 Å². The molecule has 154 valence electrons. The lowest BCUT2D eigenvalue weighted by Gasteiger charge is -2.25. The third kappa shape index (κ3) is 4.42. The topological polar surface area (TPSA) is 38.8 Å². The molecular formula is C24H22ClNO3S. The first kappa shape index (κ1) is 20.6. The van der Waals surface area contributed by atoms with Gasteiger partial charge in [0.15, 0.2) is 11.5 Å². The first-order chi connectivity index (χ1) is 14.5. The second kappa shape index (κ2) is 9.02. The number of rotatable bonds is 6. The molecule has 1 amide bonds. The average Bonchev–Trinajstić information content (AvgIpc) is 3.15. The molecule has 3 aromatic carbocycles. The third-order valence-corrected chi connectivity index (χ3v) is 6.42. The van der Waals surface area contributed by atoms with Crippen LogP contribution >= 0.6 is 23.4 Å². The number of ether oxygens (including phenoxy) is 2. The zero-order valence-electron chi connectivity index (χ0n) is 16.8. The van der Waals surface area contributed by atoms with E-state index in [1.54, 1.807) is 31.0 Å². The van der Waals surface area contributed by atoms with Crippen molar-refractivity contribution in [3.63, 3.8) is 0 Å². The van der Waals surface area contributed by atoms with Gasteiger partial charge in [-0.2, -0.15) is 0 Å². The van der Waals surface area contributed by atoms with Crippen LogP contribution in [0, 0.1) is 6.92 Å². The van der Waals surface area contributed by atoms with E-state index in [4.69, 9.17) is 21.1 Å². The molecule has 1 fully saturated rings. The molecule has 30 heavy (non-hydrogen) atoms. The first-order valence-electron chi connectivity index (χ1n) is 9.60. The van der Waals surface area contributed by atoms with Crippen molar-refractivity contribution in [2.45, 2.75) is 18.9 Å². The molecule has 0 N–H and O–H groups in total. The van der Waals surface area contributed by atoms with Crippen molar-refractivity contribution in [2.24, 2.45) is 0 Å². The van der Waals surface area contributed by atoms with Crippen molar-refractivity contribution in [1.29, 1.82) is 0 Å². The van der Waals surface area contributed by atoms with Gasteiger partial charge in [0.05, 0.1) is 12.9 Å². The van der Waals surface area contributed by atoms with Crippen molar-refractivity contribution in [2.75, 3.05) is 17.8 Å². The number of thioether (sulfide) groups is 1. The summed E-state index contributed by atoms with van der Waals surface area (Å²) in [6, 6.07) is 21.4. The fourth-order valence-electron chi connectivity index (χ4n) is 3.35. The quantitative estimate of drug-likeness (QED) is 0.471. The van der Waals surface area contributed by atoms with E-state index in [2.05, 4.69) is 31.2 Å². The SMILES string of the molecule is COc1cc([C@@H]2SCC(=O)N2c2ccc(Cl)cc2)ccc1OCc1ccc(C)cc1. The summed E-state index contributed by atoms with van der Waals surface area (Å²) in [6.07, 6.45) is 0. The van der Waals surface area contributed by atoms with E-state index in [0.717, 1.165) is 16.8 Å². The lowest BCUT2D eigenvalue weighted by Crippen LogP contribution is -2.27. The number of nitrogens with zero attached hydrogens (tertiary/aromatic N) is 1. The Labute approximate surface area is 185 Å². The summed E-state index contributed by atoms with van der Waals surface area (Å²) in [5.41, 5.74) is 4.13. The number of amides is 1. The molecule has 6 heteroatoms. The number of anilines is 1. The molecule has 1 saturated heterocycles. The predicted octanol–water partition coefficient (Wildman–Crippen LogP) is 6.01. The maximum Gasteiger partial charge on any atom is 0.238 e. The Morgan fingerprint density at radius 2 is 1.77 bits per heavy atom. The van der Waals surface area contributed by atoms with Crippen LogP contribution in [0.1, 0.15) is 22.1 Å². The first-order valence-corrected chi connectivity index (χ1v) is 11.0. The summed E-state index contributed by atoms with van der Waals surface area (Å²) < 4.78 is 11.6. The molecule has 0 spiro atoms. The van der Waals surface area contributed by atoms with Crippen LogP contribution in [-0.4, -0.2) is 18.8 Å². The number of benzene rings is 3. The fourth-order valence-corrected chi connectivity index (χ4v) is 4.65. The maximum absolute atomic E-state index is 12.6. The van der Waals surface area contributed by atoms with Crippen molar-refractivity contribution in [1.82, 2.24) is 0 Å². The van der Waals surface area contributed by atoms with Gasteiger partial charge in [0.25, 0.3) is 0 Å². The van der Waals surface area contributed by atoms with Gasteiger partial charge in [0, 0.05) is 10.7 Å². The van der Waals surface area contributed by atoms with E-state index in [1.807, 2.05) is 35.2 Å². The van der Waals surface area contributed by atoms with Crippen LogP contribution in [0.15, 0.2) is 66.7 Å². The number of hydrogen-bond acceptors (Lipinski definition) is 4. The second-order valence-electron chi connectivity index (χ2n) is 7.09. The van der Waals surface area contributed by atoms with E-state index >= 15 is 0 Å². The summed E-state index contributed by atoms with van der Waals surface area (Å²) in [7, 11) is 1.63. The molecule has 1 aliphatic heterocycles. The number of carbonyl (C=O) groups is 1. The Hall–Kier alpha value is -2.63. The summed E-state index contributed by atoms with van der Waals surface area (Å²) >= 11 is 7.60. The molecule has 0 aromatic heterocycles. The third-order valence-electron chi connectivity index (χ3n) is 4.96. The van der Waals surface area contributed by atoms with Gasteiger partial charge in [-0.15, -0.1) is 11.8 Å². The van der Waals surface area contributed by atoms with Gasteiger partial charge in [-0.25, -0.2) is 0 Å². The average molecular weight is 440 g/mol. The van der Waals surface area contributed by atoms with Crippen LogP contribution in [0.3, 0.4) is 0 Å². The number of methoxy groups -OCH3 is 1. The monoisotopic (exact) mass is 439 g/mol. The molecular weight excluding hydrogens is 418 g/mol. The molecule has 4 rings (SSSR count). The maximum atomic E-state index is 12.6. The van der Waals surface area contributed by atoms with Gasteiger partial charge in [-0.3, -0.25) is 9.69 Å². The summed E-state index contributed by atoms with van der Waals surface area (Å²) in [5.74, 6) is 1.83. The van der Waals surface area contributed by atoms with E-state index < -0.39 is 0 Å². The molecule has 0 radical (unpaired) electrons. The molecule has 0 saturated carbocycles. The van der Waals surface area contributed by atoms with Crippen LogP contribution in [0.2, 0.25) is 5.02 Å². The fraction of sp³-hybridized carbons (Fsp3) is 0.208. The lowest BCUT2D eigenvalue weighted by atomic mass is 10.1. The Bertz CT molecular complexity index is 1040. The van der Waals surface area contributed by atoms with Gasteiger partial charge < -0.3 is 9.47 Å². The van der Waals surface area contributed by atoms with Gasteiger partial charge >= 0.3 is 0 Å². The largest absolute Gasteiger partial charge is 0.493 e. The molecule has 0 aliphatic carbocycles. The van der Waals surface area contributed by atoms with E-state index in [-0.39, 0.29) is 11.3 Å². The second-order valence-corrected chi connectivity index (χ2v) is 8.59.